The number of piperidine rings is 1. The first-order valence-corrected chi connectivity index (χ1v) is 11.3. The predicted octanol–water partition coefficient (Wildman–Crippen LogP) is 4.69. The van der Waals surface area contributed by atoms with Gasteiger partial charge in [-0.1, -0.05) is 30.3 Å². The average Bonchev–Trinajstić information content (AvgIpc) is 3.30. The molecule has 2 saturated heterocycles. The molecule has 0 bridgehead atoms. The van der Waals surface area contributed by atoms with Crippen LogP contribution in [0.25, 0.3) is 0 Å². The summed E-state index contributed by atoms with van der Waals surface area (Å²) >= 11 is 0. The highest BCUT2D eigenvalue weighted by Gasteiger charge is 2.36. The van der Waals surface area contributed by atoms with Gasteiger partial charge in [0.15, 0.2) is 0 Å². The molecule has 0 unspecified atom stereocenters. The minimum absolute atomic E-state index is 0.108. The summed E-state index contributed by atoms with van der Waals surface area (Å²) in [6.45, 7) is 4.56. The second-order valence-corrected chi connectivity index (χ2v) is 8.27. The van der Waals surface area contributed by atoms with Crippen LogP contribution in [0.1, 0.15) is 44.2 Å². The van der Waals surface area contributed by atoms with Gasteiger partial charge in [0.1, 0.15) is 5.75 Å². The van der Waals surface area contributed by atoms with E-state index in [0.29, 0.717) is 19.7 Å². The van der Waals surface area contributed by atoms with Crippen molar-refractivity contribution in [1.82, 2.24) is 9.80 Å². The smallest absolute Gasteiger partial charge is 0.321 e. The van der Waals surface area contributed by atoms with Crippen molar-refractivity contribution in [2.24, 2.45) is 5.92 Å². The van der Waals surface area contributed by atoms with Crippen molar-refractivity contribution in [2.45, 2.75) is 38.6 Å². The van der Waals surface area contributed by atoms with Crippen molar-refractivity contribution in [3.63, 3.8) is 0 Å². The molecule has 2 aliphatic rings. The molecule has 2 heterocycles. The average molecular weight is 422 g/mol. The van der Waals surface area contributed by atoms with Gasteiger partial charge in [-0.2, -0.15) is 0 Å². The fourth-order valence-electron chi connectivity index (χ4n) is 4.65. The summed E-state index contributed by atoms with van der Waals surface area (Å²) in [5.41, 5.74) is 1.93. The predicted molar refractivity (Wildman–Crippen MR) is 121 cm³/mol. The molecule has 0 spiro atoms. The largest absolute Gasteiger partial charge is 0.494 e. The number of anilines is 1. The maximum absolute atomic E-state index is 13.4. The fraction of sp³-hybridized carbons (Fsp3) is 0.440. The molecule has 2 aromatic rings. The van der Waals surface area contributed by atoms with E-state index in [1.807, 2.05) is 54.3 Å². The second-order valence-electron chi connectivity index (χ2n) is 8.27. The van der Waals surface area contributed by atoms with Crippen LogP contribution in [0.3, 0.4) is 0 Å². The summed E-state index contributed by atoms with van der Waals surface area (Å²) in [5.74, 6) is 0.890. The van der Waals surface area contributed by atoms with Gasteiger partial charge >= 0.3 is 6.03 Å². The van der Waals surface area contributed by atoms with E-state index in [0.717, 1.165) is 49.2 Å². The number of nitrogens with zero attached hydrogens (tertiary/aromatic N) is 2. The molecular formula is C25H31N3O3. The monoisotopic (exact) mass is 421 g/mol. The van der Waals surface area contributed by atoms with Crippen molar-refractivity contribution < 1.29 is 14.3 Å². The van der Waals surface area contributed by atoms with E-state index < -0.39 is 0 Å². The molecule has 3 amide bonds. The topological polar surface area (TPSA) is 61.9 Å². The number of nitrogens with one attached hydrogen (secondary N) is 1. The Labute approximate surface area is 184 Å². The fourth-order valence-corrected chi connectivity index (χ4v) is 4.65. The normalized spacial score (nSPS) is 21.1. The van der Waals surface area contributed by atoms with Crippen LogP contribution >= 0.6 is 0 Å². The number of rotatable bonds is 5. The third kappa shape index (κ3) is 5.01. The Bertz CT molecular complexity index is 885. The number of likely N-dealkylation sites (tertiary alicyclic amines) is 2. The van der Waals surface area contributed by atoms with E-state index in [9.17, 15) is 9.59 Å². The lowest BCUT2D eigenvalue weighted by Gasteiger charge is -2.35. The van der Waals surface area contributed by atoms with E-state index in [1.165, 1.54) is 0 Å². The summed E-state index contributed by atoms with van der Waals surface area (Å²) in [6.07, 6.45) is 3.67. The van der Waals surface area contributed by atoms with Gasteiger partial charge in [0.05, 0.1) is 18.6 Å². The van der Waals surface area contributed by atoms with Crippen LogP contribution in [0.5, 0.6) is 5.75 Å². The number of benzene rings is 2. The number of amides is 3. The van der Waals surface area contributed by atoms with Gasteiger partial charge in [-0.15, -0.1) is 0 Å². The Morgan fingerprint density at radius 1 is 1.00 bits per heavy atom. The van der Waals surface area contributed by atoms with Crippen LogP contribution in [0.2, 0.25) is 0 Å². The Hall–Kier alpha value is -3.02. The summed E-state index contributed by atoms with van der Waals surface area (Å²) in [4.78, 5) is 29.9. The lowest BCUT2D eigenvalue weighted by molar-refractivity contribution is -0.137. The molecule has 31 heavy (non-hydrogen) atoms. The van der Waals surface area contributed by atoms with Crippen molar-refractivity contribution in [1.29, 1.82) is 0 Å². The Balaban J connectivity index is 1.40. The molecule has 4 rings (SSSR count). The number of carbonyl (C=O) groups is 2. The summed E-state index contributed by atoms with van der Waals surface area (Å²) in [7, 11) is 0. The standard InChI is InChI=1S/C25H31N3O3/c1-2-31-22-14-12-19(13-15-22)23-11-7-17-28(23)24(29)20-8-6-16-27(18-20)25(30)26-21-9-4-3-5-10-21/h3-5,9-10,12-15,20,23H,2,6-8,11,16-18H2,1H3,(H,26,30)/t20-,23+/m0/s1. The summed E-state index contributed by atoms with van der Waals surface area (Å²) < 4.78 is 5.55. The van der Waals surface area contributed by atoms with Crippen molar-refractivity contribution in [3.8, 4) is 5.75 Å². The van der Waals surface area contributed by atoms with Gasteiger partial charge in [-0.3, -0.25) is 4.79 Å². The summed E-state index contributed by atoms with van der Waals surface area (Å²) in [6, 6.07) is 17.5. The molecule has 2 aliphatic heterocycles. The SMILES string of the molecule is CCOc1ccc([C@H]2CCCN2C(=O)[C@H]2CCCN(C(=O)Nc3ccccc3)C2)cc1. The van der Waals surface area contributed by atoms with E-state index in [-0.39, 0.29) is 23.9 Å². The van der Waals surface area contributed by atoms with Crippen LogP contribution in [-0.2, 0) is 4.79 Å². The lowest BCUT2D eigenvalue weighted by atomic mass is 9.95. The van der Waals surface area contributed by atoms with E-state index >= 15 is 0 Å². The van der Waals surface area contributed by atoms with Gasteiger partial charge in [0.25, 0.3) is 0 Å². The first kappa shape index (κ1) is 21.2. The zero-order valence-electron chi connectivity index (χ0n) is 18.1. The van der Waals surface area contributed by atoms with Gasteiger partial charge in [-0.05, 0) is 62.4 Å². The van der Waals surface area contributed by atoms with Crippen molar-refractivity contribution >= 4 is 17.6 Å². The molecule has 2 aromatic carbocycles. The molecular weight excluding hydrogens is 390 g/mol. The van der Waals surface area contributed by atoms with Crippen LogP contribution in [0, 0.1) is 5.92 Å². The Morgan fingerprint density at radius 2 is 1.74 bits per heavy atom. The van der Waals surface area contributed by atoms with E-state index in [4.69, 9.17) is 4.74 Å². The van der Waals surface area contributed by atoms with Gasteiger partial charge in [0, 0.05) is 25.3 Å². The number of hydrogen-bond donors (Lipinski definition) is 1. The van der Waals surface area contributed by atoms with Crippen LogP contribution < -0.4 is 10.1 Å². The lowest BCUT2D eigenvalue weighted by Crippen LogP contribution is -2.47. The minimum atomic E-state index is -0.140. The highest BCUT2D eigenvalue weighted by molar-refractivity contribution is 5.90. The molecule has 6 heteroatoms. The van der Waals surface area contributed by atoms with Gasteiger partial charge in [-0.25, -0.2) is 4.79 Å². The number of carbonyl (C=O) groups excluding carboxylic acids is 2. The van der Waals surface area contributed by atoms with Crippen molar-refractivity contribution in [3.05, 3.63) is 60.2 Å². The minimum Gasteiger partial charge on any atom is -0.494 e. The number of hydrogen-bond acceptors (Lipinski definition) is 3. The molecule has 0 saturated carbocycles. The highest BCUT2D eigenvalue weighted by atomic mass is 16.5. The zero-order valence-corrected chi connectivity index (χ0v) is 18.1. The molecule has 0 aromatic heterocycles. The maximum atomic E-state index is 13.4. The third-order valence-electron chi connectivity index (χ3n) is 6.19. The maximum Gasteiger partial charge on any atom is 0.321 e. The molecule has 164 valence electrons. The molecule has 0 aliphatic carbocycles. The van der Waals surface area contributed by atoms with Gasteiger partial charge < -0.3 is 19.9 Å². The van der Waals surface area contributed by atoms with Crippen LogP contribution in [-0.4, -0.2) is 48.0 Å². The first-order chi connectivity index (χ1) is 15.2. The summed E-state index contributed by atoms with van der Waals surface area (Å²) in [5, 5.41) is 2.94. The van der Waals surface area contributed by atoms with Crippen molar-refractivity contribution in [2.75, 3.05) is 31.6 Å². The van der Waals surface area contributed by atoms with Crippen LogP contribution in [0.15, 0.2) is 54.6 Å². The first-order valence-electron chi connectivity index (χ1n) is 11.3. The number of ether oxygens (including phenoxy) is 1. The third-order valence-corrected chi connectivity index (χ3v) is 6.19. The zero-order chi connectivity index (χ0) is 21.6. The quantitative estimate of drug-likeness (QED) is 0.762. The number of urea groups is 1. The number of para-hydroxylation sites is 1. The van der Waals surface area contributed by atoms with Crippen LogP contribution in [0.4, 0.5) is 10.5 Å². The highest BCUT2D eigenvalue weighted by Crippen LogP contribution is 2.35. The van der Waals surface area contributed by atoms with Gasteiger partial charge in [0.2, 0.25) is 5.91 Å². The Morgan fingerprint density at radius 3 is 2.48 bits per heavy atom. The molecule has 2 fully saturated rings. The molecule has 6 nitrogen and oxygen atoms in total. The molecule has 1 N–H and O–H groups in total. The molecule has 0 radical (unpaired) electrons. The molecule has 2 atom stereocenters. The Kier molecular flexibility index (Phi) is 6.75. The van der Waals surface area contributed by atoms with E-state index in [1.54, 1.807) is 4.90 Å². The van der Waals surface area contributed by atoms with E-state index in [2.05, 4.69) is 17.4 Å². The second kappa shape index (κ2) is 9.86.